The summed E-state index contributed by atoms with van der Waals surface area (Å²) < 4.78 is 21.2. The molecule has 0 aromatic carbocycles. The molecule has 3 nitrogen and oxygen atoms in total. The van der Waals surface area contributed by atoms with Gasteiger partial charge in [-0.25, -0.2) is 0 Å². The van der Waals surface area contributed by atoms with E-state index in [1.807, 2.05) is 0 Å². The number of hydrogen-bond acceptors (Lipinski definition) is 3. The van der Waals surface area contributed by atoms with Crippen molar-refractivity contribution in [2.75, 3.05) is 13.2 Å². The fourth-order valence-electron chi connectivity index (χ4n) is 2.27. The van der Waals surface area contributed by atoms with E-state index in [0.717, 1.165) is 12.8 Å². The van der Waals surface area contributed by atoms with Crippen LogP contribution in [0.3, 0.4) is 0 Å². The van der Waals surface area contributed by atoms with E-state index in [1.165, 1.54) is 64.2 Å². The van der Waals surface area contributed by atoms with Gasteiger partial charge in [0.1, 0.15) is 0 Å². The highest BCUT2D eigenvalue weighted by atomic mass is 31.1. The number of rotatable bonds is 17. The Morgan fingerprint density at radius 1 is 0.810 bits per heavy atom. The molecule has 0 spiro atoms. The lowest BCUT2D eigenvalue weighted by Gasteiger charge is -2.04. The first-order valence-electron chi connectivity index (χ1n) is 8.71. The van der Waals surface area contributed by atoms with Gasteiger partial charge in [0.25, 0.3) is 0 Å². The van der Waals surface area contributed by atoms with Crippen LogP contribution in [0.25, 0.3) is 0 Å². The second-order valence-electron chi connectivity index (χ2n) is 5.59. The Morgan fingerprint density at radius 3 is 1.76 bits per heavy atom. The lowest BCUT2D eigenvalue weighted by Crippen LogP contribution is -1.90. The molecule has 0 N–H and O–H groups in total. The molecule has 0 aliphatic carbocycles. The number of unbranched alkanes of at least 4 members (excludes halogenated alkanes) is 11. The molecule has 0 bridgehead atoms. The van der Waals surface area contributed by atoms with Crippen molar-refractivity contribution in [1.29, 1.82) is 0 Å². The smallest absolute Gasteiger partial charge is 0.311 e. The Hall–Kier alpha value is -0.110. The highest BCUT2D eigenvalue weighted by Crippen LogP contribution is 2.23. The minimum atomic E-state index is -2.29. The fourth-order valence-corrected chi connectivity index (χ4v) is 2.92. The summed E-state index contributed by atoms with van der Waals surface area (Å²) in [5.74, 6) is 0. The minimum absolute atomic E-state index is 0.302. The average Bonchev–Trinajstić information content (AvgIpc) is 2.49. The van der Waals surface area contributed by atoms with Crippen LogP contribution in [-0.2, 0) is 13.6 Å². The Morgan fingerprint density at radius 2 is 1.29 bits per heavy atom. The second kappa shape index (κ2) is 17.9. The maximum absolute atomic E-state index is 11.2. The standard InChI is InChI=1S/C17H35O3P/c1-3-5-6-7-8-9-10-11-12-13-14-15-17-20-21(18)19-16-4-2/h4,21H,2-3,5-17H2,1H3. The summed E-state index contributed by atoms with van der Waals surface area (Å²) in [7, 11) is -2.29. The van der Waals surface area contributed by atoms with E-state index in [2.05, 4.69) is 13.5 Å². The van der Waals surface area contributed by atoms with Crippen LogP contribution >= 0.6 is 8.25 Å². The fraction of sp³-hybridized carbons (Fsp3) is 0.882. The molecule has 0 saturated carbocycles. The maximum atomic E-state index is 11.2. The van der Waals surface area contributed by atoms with E-state index in [1.54, 1.807) is 6.08 Å². The normalized spacial score (nSPS) is 12.4. The predicted octanol–water partition coefficient (Wildman–Crippen LogP) is 6.30. The summed E-state index contributed by atoms with van der Waals surface area (Å²) in [5, 5.41) is 0. The zero-order valence-electron chi connectivity index (χ0n) is 13.9. The van der Waals surface area contributed by atoms with Gasteiger partial charge in [0.15, 0.2) is 0 Å². The molecule has 0 heterocycles. The molecule has 0 aromatic rings. The molecule has 21 heavy (non-hydrogen) atoms. The van der Waals surface area contributed by atoms with Crippen molar-refractivity contribution >= 4 is 8.25 Å². The zero-order chi connectivity index (χ0) is 15.6. The Labute approximate surface area is 132 Å². The molecule has 0 aliphatic heterocycles. The van der Waals surface area contributed by atoms with Gasteiger partial charge in [-0.15, -0.1) is 6.58 Å². The molecule has 126 valence electrons. The van der Waals surface area contributed by atoms with Crippen molar-refractivity contribution < 1.29 is 13.6 Å². The van der Waals surface area contributed by atoms with Gasteiger partial charge in [0.2, 0.25) is 0 Å². The third kappa shape index (κ3) is 17.8. The summed E-state index contributed by atoms with van der Waals surface area (Å²) in [4.78, 5) is 0. The SMILES string of the molecule is C=CCO[PH](=O)OCCCCCCCCCCCCCC. The molecule has 0 fully saturated rings. The third-order valence-corrected chi connectivity index (χ3v) is 4.38. The summed E-state index contributed by atoms with van der Waals surface area (Å²) >= 11 is 0. The van der Waals surface area contributed by atoms with Crippen LogP contribution in [0.4, 0.5) is 0 Å². The van der Waals surface area contributed by atoms with E-state index in [-0.39, 0.29) is 0 Å². The molecule has 1 atom stereocenters. The molecular formula is C17H35O3P. The molecule has 0 aromatic heterocycles. The summed E-state index contributed by atoms with van der Waals surface area (Å²) in [6.07, 6.45) is 17.4. The van der Waals surface area contributed by atoms with Crippen LogP contribution in [0.1, 0.15) is 84.0 Å². The van der Waals surface area contributed by atoms with Crippen molar-refractivity contribution in [3.8, 4) is 0 Å². The van der Waals surface area contributed by atoms with Crippen LogP contribution in [0.5, 0.6) is 0 Å². The van der Waals surface area contributed by atoms with Gasteiger partial charge in [0.05, 0.1) is 13.2 Å². The Balaban J connectivity index is 3.05. The molecule has 0 saturated heterocycles. The molecule has 0 amide bonds. The van der Waals surface area contributed by atoms with Gasteiger partial charge in [-0.1, -0.05) is 83.6 Å². The van der Waals surface area contributed by atoms with E-state index in [0.29, 0.717) is 13.2 Å². The van der Waals surface area contributed by atoms with Crippen molar-refractivity contribution in [3.05, 3.63) is 12.7 Å². The predicted molar refractivity (Wildman–Crippen MR) is 92.2 cm³/mol. The Bertz CT molecular complexity index is 244. The van der Waals surface area contributed by atoms with Crippen LogP contribution in [0.2, 0.25) is 0 Å². The van der Waals surface area contributed by atoms with Crippen LogP contribution in [0.15, 0.2) is 12.7 Å². The summed E-state index contributed by atoms with van der Waals surface area (Å²) in [5.41, 5.74) is 0. The lowest BCUT2D eigenvalue weighted by molar-refractivity contribution is 0.236. The molecule has 0 radical (unpaired) electrons. The van der Waals surface area contributed by atoms with Crippen molar-refractivity contribution in [2.45, 2.75) is 84.0 Å². The highest BCUT2D eigenvalue weighted by Gasteiger charge is 1.98. The van der Waals surface area contributed by atoms with E-state index >= 15 is 0 Å². The van der Waals surface area contributed by atoms with E-state index in [4.69, 9.17) is 9.05 Å². The van der Waals surface area contributed by atoms with Gasteiger partial charge in [-0.3, -0.25) is 4.57 Å². The first-order chi connectivity index (χ1) is 10.3. The van der Waals surface area contributed by atoms with Gasteiger partial charge in [-0.05, 0) is 6.42 Å². The van der Waals surface area contributed by atoms with Gasteiger partial charge < -0.3 is 9.05 Å². The van der Waals surface area contributed by atoms with Crippen molar-refractivity contribution in [3.63, 3.8) is 0 Å². The van der Waals surface area contributed by atoms with Crippen molar-refractivity contribution in [1.82, 2.24) is 0 Å². The van der Waals surface area contributed by atoms with Gasteiger partial charge in [-0.2, -0.15) is 0 Å². The average molecular weight is 318 g/mol. The number of hydrogen-bond donors (Lipinski definition) is 0. The molecule has 0 aliphatic rings. The molecule has 4 heteroatoms. The minimum Gasteiger partial charge on any atom is -0.311 e. The third-order valence-electron chi connectivity index (χ3n) is 3.54. The molecular weight excluding hydrogens is 283 g/mol. The zero-order valence-corrected chi connectivity index (χ0v) is 14.9. The van der Waals surface area contributed by atoms with E-state index in [9.17, 15) is 4.57 Å². The first-order valence-corrected chi connectivity index (χ1v) is 9.94. The van der Waals surface area contributed by atoms with Gasteiger partial charge in [0, 0.05) is 0 Å². The Kier molecular flexibility index (Phi) is 17.8. The lowest BCUT2D eigenvalue weighted by atomic mass is 10.1. The molecule has 1 unspecified atom stereocenters. The quantitative estimate of drug-likeness (QED) is 0.179. The molecule has 0 rings (SSSR count). The van der Waals surface area contributed by atoms with Crippen LogP contribution in [-0.4, -0.2) is 13.2 Å². The monoisotopic (exact) mass is 318 g/mol. The first kappa shape index (κ1) is 20.9. The van der Waals surface area contributed by atoms with Crippen molar-refractivity contribution in [2.24, 2.45) is 0 Å². The summed E-state index contributed by atoms with van der Waals surface area (Å²) in [6, 6.07) is 0. The van der Waals surface area contributed by atoms with Crippen LogP contribution in [0, 0.1) is 0 Å². The topological polar surface area (TPSA) is 35.5 Å². The summed E-state index contributed by atoms with van der Waals surface area (Å²) in [6.45, 7) is 6.61. The van der Waals surface area contributed by atoms with Gasteiger partial charge >= 0.3 is 8.25 Å². The second-order valence-corrected chi connectivity index (χ2v) is 6.66. The maximum Gasteiger partial charge on any atom is 0.319 e. The highest BCUT2D eigenvalue weighted by molar-refractivity contribution is 7.33. The van der Waals surface area contributed by atoms with Crippen LogP contribution < -0.4 is 0 Å². The largest absolute Gasteiger partial charge is 0.319 e. The van der Waals surface area contributed by atoms with E-state index < -0.39 is 8.25 Å².